The average molecular weight is 579 g/mol. The molecule has 6 rings (SSSR count). The normalized spacial score (nSPS) is 16.9. The number of hydrogen-bond acceptors (Lipinski definition) is 9. The molecular formula is C34H38N6O3. The quantitative estimate of drug-likeness (QED) is 0.281. The Hall–Kier alpha value is -4.63. The third kappa shape index (κ3) is 6.27. The van der Waals surface area contributed by atoms with Crippen LogP contribution in [0.5, 0.6) is 5.75 Å². The number of anilines is 2. The molecule has 9 heteroatoms. The summed E-state index contributed by atoms with van der Waals surface area (Å²) in [6.07, 6.45) is 3.11. The number of nitrogens with one attached hydrogen (secondary N) is 1. The van der Waals surface area contributed by atoms with Gasteiger partial charge in [-0.15, -0.1) is 0 Å². The zero-order chi connectivity index (χ0) is 29.9. The van der Waals surface area contributed by atoms with Crippen molar-refractivity contribution >= 4 is 34.3 Å². The van der Waals surface area contributed by atoms with Crippen molar-refractivity contribution in [2.75, 3.05) is 51.0 Å². The van der Waals surface area contributed by atoms with Gasteiger partial charge in [0, 0.05) is 37.3 Å². The number of aryl methyl sites for hydroxylation is 1. The Bertz CT molecular complexity index is 1660. The summed E-state index contributed by atoms with van der Waals surface area (Å²) < 4.78 is 11.0. The number of likely N-dealkylation sites (N-methyl/N-ethyl adjacent to an activating group) is 1. The number of nitrogens with two attached hydrogens (primary N) is 1. The standard InChI is InChI=1S/C34H38N6O3/c1-22(25-11-13-28-31(19-25)37-34(35)38-32(28)40-16-14-39(2)15-17-40)36-30-9-5-7-24-10-12-27(20-29(24)30)43-21-23-6-4-8-26(18-23)33(41)42-3/h4,6,8,10-13,18-20,30,36H,1,5,7,9,14-17,21H2,2-3H3,(H2,35,37,38). The van der Waals surface area contributed by atoms with Crippen LogP contribution in [0.1, 0.15) is 51.5 Å². The van der Waals surface area contributed by atoms with Gasteiger partial charge in [-0.05, 0) is 85.0 Å². The molecule has 0 bridgehead atoms. The molecule has 1 fully saturated rings. The lowest BCUT2D eigenvalue weighted by molar-refractivity contribution is 0.0600. The maximum atomic E-state index is 11.9. The Labute approximate surface area is 252 Å². The number of aromatic nitrogens is 2. The lowest BCUT2D eigenvalue weighted by atomic mass is 9.87. The molecule has 1 aliphatic carbocycles. The van der Waals surface area contributed by atoms with Gasteiger partial charge in [0.15, 0.2) is 0 Å². The summed E-state index contributed by atoms with van der Waals surface area (Å²) in [5, 5.41) is 4.69. The van der Waals surface area contributed by atoms with Crippen molar-refractivity contribution in [3.63, 3.8) is 0 Å². The molecule has 0 amide bonds. The molecule has 1 atom stereocenters. The van der Waals surface area contributed by atoms with Crippen LogP contribution in [0.4, 0.5) is 11.8 Å². The van der Waals surface area contributed by atoms with Crippen LogP contribution in [-0.2, 0) is 17.8 Å². The van der Waals surface area contributed by atoms with Crippen molar-refractivity contribution in [3.05, 3.63) is 95.1 Å². The van der Waals surface area contributed by atoms with Crippen LogP contribution in [0.15, 0.2) is 67.2 Å². The Balaban J connectivity index is 1.18. The molecule has 0 saturated carbocycles. The summed E-state index contributed by atoms with van der Waals surface area (Å²) >= 11 is 0. The van der Waals surface area contributed by atoms with E-state index in [1.165, 1.54) is 18.2 Å². The number of rotatable bonds is 8. The van der Waals surface area contributed by atoms with Crippen molar-refractivity contribution in [1.82, 2.24) is 20.2 Å². The molecule has 1 aromatic heterocycles. The lowest BCUT2D eigenvalue weighted by Crippen LogP contribution is -2.45. The number of hydrogen-bond donors (Lipinski definition) is 2. The molecule has 1 aliphatic heterocycles. The van der Waals surface area contributed by atoms with Gasteiger partial charge in [-0.25, -0.2) is 9.78 Å². The third-order valence-electron chi connectivity index (χ3n) is 8.38. The number of piperazine rings is 1. The van der Waals surface area contributed by atoms with Crippen molar-refractivity contribution in [3.8, 4) is 5.75 Å². The van der Waals surface area contributed by atoms with E-state index < -0.39 is 0 Å². The predicted molar refractivity (Wildman–Crippen MR) is 170 cm³/mol. The Kier molecular flexibility index (Phi) is 8.16. The van der Waals surface area contributed by atoms with Crippen LogP contribution < -0.4 is 20.7 Å². The first kappa shape index (κ1) is 28.5. The summed E-state index contributed by atoms with van der Waals surface area (Å²) in [5.41, 5.74) is 12.7. The van der Waals surface area contributed by atoms with E-state index in [2.05, 4.69) is 63.0 Å². The van der Waals surface area contributed by atoms with Gasteiger partial charge in [0.25, 0.3) is 0 Å². The Morgan fingerprint density at radius 3 is 2.70 bits per heavy atom. The number of methoxy groups -OCH3 is 1. The number of nitrogens with zero attached hydrogens (tertiary/aromatic N) is 4. The maximum absolute atomic E-state index is 11.9. The van der Waals surface area contributed by atoms with Crippen LogP contribution in [0.25, 0.3) is 16.6 Å². The second-order valence-electron chi connectivity index (χ2n) is 11.3. The summed E-state index contributed by atoms with van der Waals surface area (Å²) in [4.78, 5) is 25.7. The summed E-state index contributed by atoms with van der Waals surface area (Å²) in [5.74, 6) is 1.60. The van der Waals surface area contributed by atoms with Gasteiger partial charge >= 0.3 is 5.97 Å². The molecule has 4 aromatic rings. The number of benzene rings is 3. The Morgan fingerprint density at radius 1 is 1.05 bits per heavy atom. The second-order valence-corrected chi connectivity index (χ2v) is 11.3. The van der Waals surface area contributed by atoms with Crippen molar-refractivity contribution in [2.45, 2.75) is 31.9 Å². The van der Waals surface area contributed by atoms with Crippen LogP contribution in [0.3, 0.4) is 0 Å². The SMILES string of the molecule is C=C(NC1CCCc2ccc(OCc3cccc(C(=O)OC)c3)cc21)c1ccc2c(N3CCN(C)CC3)nc(N)nc2c1. The molecular weight excluding hydrogens is 540 g/mol. The smallest absolute Gasteiger partial charge is 0.337 e. The zero-order valence-corrected chi connectivity index (χ0v) is 24.8. The van der Waals surface area contributed by atoms with Crippen LogP contribution >= 0.6 is 0 Å². The molecule has 2 aliphatic rings. The highest BCUT2D eigenvalue weighted by molar-refractivity contribution is 5.92. The molecule has 3 aromatic carbocycles. The molecule has 43 heavy (non-hydrogen) atoms. The Morgan fingerprint density at radius 2 is 1.88 bits per heavy atom. The summed E-state index contributed by atoms with van der Waals surface area (Å²) in [6.45, 7) is 8.54. The van der Waals surface area contributed by atoms with Gasteiger partial charge in [-0.3, -0.25) is 0 Å². The number of fused-ring (bicyclic) bond motifs is 2. The van der Waals surface area contributed by atoms with Gasteiger partial charge in [-0.1, -0.05) is 30.8 Å². The van der Waals surface area contributed by atoms with E-state index in [9.17, 15) is 4.79 Å². The number of nitrogen functional groups attached to an aromatic ring is 1. The first-order chi connectivity index (χ1) is 20.9. The van der Waals surface area contributed by atoms with Crippen molar-refractivity contribution < 1.29 is 14.3 Å². The van der Waals surface area contributed by atoms with Gasteiger partial charge in [-0.2, -0.15) is 4.98 Å². The van der Waals surface area contributed by atoms with E-state index >= 15 is 0 Å². The molecule has 9 nitrogen and oxygen atoms in total. The van der Waals surface area contributed by atoms with Gasteiger partial charge in [0.2, 0.25) is 5.95 Å². The minimum absolute atomic E-state index is 0.106. The molecule has 1 unspecified atom stereocenters. The van der Waals surface area contributed by atoms with Crippen LogP contribution in [0.2, 0.25) is 0 Å². The number of carbonyl (C=O) groups excluding carboxylic acids is 1. The minimum Gasteiger partial charge on any atom is -0.489 e. The van der Waals surface area contributed by atoms with E-state index in [1.807, 2.05) is 24.3 Å². The zero-order valence-electron chi connectivity index (χ0n) is 24.8. The number of esters is 1. The average Bonchev–Trinajstić information content (AvgIpc) is 3.03. The molecule has 222 valence electrons. The third-order valence-corrected chi connectivity index (χ3v) is 8.38. The van der Waals surface area contributed by atoms with Crippen LogP contribution in [-0.4, -0.2) is 61.2 Å². The van der Waals surface area contributed by atoms with E-state index in [4.69, 9.17) is 15.2 Å². The predicted octanol–water partition coefficient (Wildman–Crippen LogP) is 4.97. The second kappa shape index (κ2) is 12.3. The number of ether oxygens (including phenoxy) is 2. The molecule has 3 N–H and O–H groups in total. The molecule has 1 saturated heterocycles. The van der Waals surface area contributed by atoms with Gasteiger partial charge < -0.3 is 30.3 Å². The monoisotopic (exact) mass is 578 g/mol. The fraction of sp³-hybridized carbons (Fsp3) is 0.324. The summed E-state index contributed by atoms with van der Waals surface area (Å²) in [7, 11) is 3.52. The van der Waals surface area contributed by atoms with Crippen molar-refractivity contribution in [2.24, 2.45) is 0 Å². The highest BCUT2D eigenvalue weighted by Gasteiger charge is 2.23. The maximum Gasteiger partial charge on any atom is 0.337 e. The highest BCUT2D eigenvalue weighted by atomic mass is 16.5. The summed E-state index contributed by atoms with van der Waals surface area (Å²) in [6, 6.07) is 19.9. The fourth-order valence-corrected chi connectivity index (χ4v) is 5.96. The topological polar surface area (TPSA) is 106 Å². The highest BCUT2D eigenvalue weighted by Crippen LogP contribution is 2.35. The van der Waals surface area contributed by atoms with Crippen molar-refractivity contribution in [1.29, 1.82) is 0 Å². The first-order valence-electron chi connectivity index (χ1n) is 14.8. The van der Waals surface area contributed by atoms with E-state index in [0.29, 0.717) is 12.2 Å². The minimum atomic E-state index is -0.359. The molecule has 0 spiro atoms. The number of carbonyl (C=O) groups is 1. The van der Waals surface area contributed by atoms with Gasteiger partial charge in [0.1, 0.15) is 18.2 Å². The lowest BCUT2D eigenvalue weighted by Gasteiger charge is -2.33. The molecule has 2 heterocycles. The van der Waals surface area contributed by atoms with Gasteiger partial charge in [0.05, 0.1) is 24.2 Å². The van der Waals surface area contributed by atoms with E-state index in [1.54, 1.807) is 12.1 Å². The fourth-order valence-electron chi connectivity index (χ4n) is 5.96. The van der Waals surface area contributed by atoms with E-state index in [0.717, 1.165) is 84.7 Å². The van der Waals surface area contributed by atoms with E-state index in [-0.39, 0.29) is 18.0 Å². The molecule has 0 radical (unpaired) electrons. The largest absolute Gasteiger partial charge is 0.489 e. The first-order valence-corrected chi connectivity index (χ1v) is 14.8. The van der Waals surface area contributed by atoms with Crippen LogP contribution in [0, 0.1) is 0 Å².